The van der Waals surface area contributed by atoms with Gasteiger partial charge in [0.05, 0.1) is 6.61 Å². The van der Waals surface area contributed by atoms with E-state index in [1.54, 1.807) is 0 Å². The highest BCUT2D eigenvalue weighted by molar-refractivity contribution is 4.66. The highest BCUT2D eigenvalue weighted by atomic mass is 16.5. The summed E-state index contributed by atoms with van der Waals surface area (Å²) >= 11 is 0. The monoisotopic (exact) mass is 257 g/mol. The normalized spacial score (nSPS) is 12.8. The largest absolute Gasteiger partial charge is 0.380 e. The molecule has 1 unspecified atom stereocenters. The van der Waals surface area contributed by atoms with Gasteiger partial charge in [-0.1, -0.05) is 59.3 Å². The molecule has 18 heavy (non-hydrogen) atoms. The minimum atomic E-state index is 0.572. The van der Waals surface area contributed by atoms with E-state index in [0.29, 0.717) is 6.04 Å². The van der Waals surface area contributed by atoms with Crippen LogP contribution in [0.5, 0.6) is 0 Å². The molecule has 0 bridgehead atoms. The van der Waals surface area contributed by atoms with E-state index in [1.165, 1.54) is 51.4 Å². The SMILES string of the molecule is CCCCCCCCC(COCCC)NCCC. The van der Waals surface area contributed by atoms with Gasteiger partial charge in [-0.15, -0.1) is 0 Å². The fourth-order valence-electron chi connectivity index (χ4n) is 2.13. The van der Waals surface area contributed by atoms with Gasteiger partial charge in [0.15, 0.2) is 0 Å². The smallest absolute Gasteiger partial charge is 0.0619 e. The van der Waals surface area contributed by atoms with Gasteiger partial charge in [-0.25, -0.2) is 0 Å². The summed E-state index contributed by atoms with van der Waals surface area (Å²) in [6.45, 7) is 9.58. The Morgan fingerprint density at radius 2 is 1.56 bits per heavy atom. The lowest BCUT2D eigenvalue weighted by atomic mass is 10.1. The lowest BCUT2D eigenvalue weighted by molar-refractivity contribution is 0.108. The zero-order valence-electron chi connectivity index (χ0n) is 13.0. The second-order valence-corrected chi connectivity index (χ2v) is 5.28. The molecule has 0 aromatic carbocycles. The summed E-state index contributed by atoms with van der Waals surface area (Å²) in [6, 6.07) is 0.572. The van der Waals surface area contributed by atoms with E-state index in [-0.39, 0.29) is 0 Å². The third kappa shape index (κ3) is 12.4. The summed E-state index contributed by atoms with van der Waals surface area (Å²) < 4.78 is 5.68. The fourth-order valence-corrected chi connectivity index (χ4v) is 2.13. The molecule has 0 rings (SSSR count). The molecule has 0 aliphatic rings. The van der Waals surface area contributed by atoms with Gasteiger partial charge in [-0.05, 0) is 25.8 Å². The van der Waals surface area contributed by atoms with Crippen LogP contribution in [0.2, 0.25) is 0 Å². The Morgan fingerprint density at radius 1 is 0.833 bits per heavy atom. The van der Waals surface area contributed by atoms with Gasteiger partial charge in [0.25, 0.3) is 0 Å². The highest BCUT2D eigenvalue weighted by Gasteiger charge is 2.07. The molecule has 1 atom stereocenters. The molecule has 110 valence electrons. The molecular weight excluding hydrogens is 222 g/mol. The van der Waals surface area contributed by atoms with Crippen LogP contribution in [-0.2, 0) is 4.74 Å². The average molecular weight is 257 g/mol. The first-order valence-corrected chi connectivity index (χ1v) is 8.16. The van der Waals surface area contributed by atoms with E-state index in [2.05, 4.69) is 26.1 Å². The van der Waals surface area contributed by atoms with Crippen molar-refractivity contribution in [2.75, 3.05) is 19.8 Å². The van der Waals surface area contributed by atoms with Crippen molar-refractivity contribution < 1.29 is 4.74 Å². The van der Waals surface area contributed by atoms with Crippen LogP contribution in [-0.4, -0.2) is 25.8 Å². The summed E-state index contributed by atoms with van der Waals surface area (Å²) in [5.41, 5.74) is 0. The number of unbranched alkanes of at least 4 members (excludes halogenated alkanes) is 5. The first-order valence-electron chi connectivity index (χ1n) is 8.16. The van der Waals surface area contributed by atoms with Gasteiger partial charge in [-0.2, -0.15) is 0 Å². The van der Waals surface area contributed by atoms with Crippen molar-refractivity contribution in [3.8, 4) is 0 Å². The molecule has 2 nitrogen and oxygen atoms in total. The van der Waals surface area contributed by atoms with Gasteiger partial charge in [0, 0.05) is 12.6 Å². The van der Waals surface area contributed by atoms with Crippen LogP contribution in [0.3, 0.4) is 0 Å². The van der Waals surface area contributed by atoms with E-state index in [4.69, 9.17) is 4.74 Å². The zero-order valence-corrected chi connectivity index (χ0v) is 13.0. The van der Waals surface area contributed by atoms with E-state index in [0.717, 1.165) is 26.2 Å². The minimum absolute atomic E-state index is 0.572. The maximum absolute atomic E-state index is 5.68. The van der Waals surface area contributed by atoms with Crippen molar-refractivity contribution in [2.24, 2.45) is 0 Å². The second-order valence-electron chi connectivity index (χ2n) is 5.28. The minimum Gasteiger partial charge on any atom is -0.380 e. The molecule has 0 saturated heterocycles. The van der Waals surface area contributed by atoms with Crippen molar-refractivity contribution in [3.63, 3.8) is 0 Å². The topological polar surface area (TPSA) is 21.3 Å². The summed E-state index contributed by atoms with van der Waals surface area (Å²) in [7, 11) is 0. The van der Waals surface area contributed by atoms with Crippen LogP contribution in [0.4, 0.5) is 0 Å². The second kappa shape index (κ2) is 15.0. The summed E-state index contributed by atoms with van der Waals surface area (Å²) in [4.78, 5) is 0. The molecule has 0 aromatic heterocycles. The molecule has 0 heterocycles. The van der Waals surface area contributed by atoms with E-state index in [9.17, 15) is 0 Å². The van der Waals surface area contributed by atoms with Gasteiger partial charge < -0.3 is 10.1 Å². The standard InChI is InChI=1S/C16H35NO/c1-4-7-8-9-10-11-12-16(17-13-5-2)15-18-14-6-3/h16-17H,4-15H2,1-3H3. The van der Waals surface area contributed by atoms with Crippen molar-refractivity contribution in [2.45, 2.75) is 84.6 Å². The summed E-state index contributed by atoms with van der Waals surface area (Å²) in [6.07, 6.45) is 11.9. The lowest BCUT2D eigenvalue weighted by Crippen LogP contribution is -2.34. The molecular formula is C16H35NO. The Kier molecular flexibility index (Phi) is 14.9. The highest BCUT2D eigenvalue weighted by Crippen LogP contribution is 2.09. The van der Waals surface area contributed by atoms with Crippen LogP contribution < -0.4 is 5.32 Å². The molecule has 0 aliphatic heterocycles. The number of ether oxygens (including phenoxy) is 1. The summed E-state index contributed by atoms with van der Waals surface area (Å²) in [5.74, 6) is 0. The Morgan fingerprint density at radius 3 is 2.22 bits per heavy atom. The van der Waals surface area contributed by atoms with Crippen LogP contribution in [0.25, 0.3) is 0 Å². The zero-order chi connectivity index (χ0) is 13.5. The first-order chi connectivity index (χ1) is 8.85. The molecule has 0 aromatic rings. The maximum Gasteiger partial charge on any atom is 0.0619 e. The van der Waals surface area contributed by atoms with Crippen LogP contribution in [0.1, 0.15) is 78.6 Å². The molecule has 0 saturated carbocycles. The summed E-state index contributed by atoms with van der Waals surface area (Å²) in [5, 5.41) is 3.61. The first kappa shape index (κ1) is 17.9. The number of hydrogen-bond acceptors (Lipinski definition) is 2. The molecule has 2 heteroatoms. The molecule has 0 spiro atoms. The van der Waals surface area contributed by atoms with Crippen molar-refractivity contribution in [1.29, 1.82) is 0 Å². The number of rotatable bonds is 14. The van der Waals surface area contributed by atoms with Gasteiger partial charge in [-0.3, -0.25) is 0 Å². The average Bonchev–Trinajstić information content (AvgIpc) is 2.39. The van der Waals surface area contributed by atoms with Crippen LogP contribution in [0.15, 0.2) is 0 Å². The third-order valence-corrected chi connectivity index (χ3v) is 3.26. The molecule has 0 fully saturated rings. The molecule has 1 N–H and O–H groups in total. The van der Waals surface area contributed by atoms with E-state index < -0.39 is 0 Å². The lowest BCUT2D eigenvalue weighted by Gasteiger charge is -2.18. The van der Waals surface area contributed by atoms with Gasteiger partial charge in [0.2, 0.25) is 0 Å². The molecule has 0 amide bonds. The number of hydrogen-bond donors (Lipinski definition) is 1. The van der Waals surface area contributed by atoms with Crippen molar-refractivity contribution in [3.05, 3.63) is 0 Å². The quantitative estimate of drug-likeness (QED) is 0.462. The predicted molar refractivity (Wildman–Crippen MR) is 81.2 cm³/mol. The number of nitrogens with one attached hydrogen (secondary N) is 1. The fraction of sp³-hybridized carbons (Fsp3) is 1.00. The van der Waals surface area contributed by atoms with E-state index in [1.807, 2.05) is 0 Å². The Balaban J connectivity index is 3.51. The van der Waals surface area contributed by atoms with E-state index >= 15 is 0 Å². The Hall–Kier alpha value is -0.0800. The maximum atomic E-state index is 5.68. The van der Waals surface area contributed by atoms with Crippen molar-refractivity contribution >= 4 is 0 Å². The van der Waals surface area contributed by atoms with Crippen LogP contribution in [0, 0.1) is 0 Å². The van der Waals surface area contributed by atoms with Gasteiger partial charge >= 0.3 is 0 Å². The molecule has 0 aliphatic carbocycles. The van der Waals surface area contributed by atoms with Crippen molar-refractivity contribution in [1.82, 2.24) is 5.32 Å². The van der Waals surface area contributed by atoms with Gasteiger partial charge in [0.1, 0.15) is 0 Å². The predicted octanol–water partition coefficient (Wildman–Crippen LogP) is 4.53. The molecule has 0 radical (unpaired) electrons. The Bertz CT molecular complexity index is 150. The third-order valence-electron chi connectivity index (χ3n) is 3.26. The Labute approximate surface area is 115 Å². The van der Waals surface area contributed by atoms with Crippen LogP contribution >= 0.6 is 0 Å².